The monoisotopic (exact) mass is 348 g/mol. The normalized spacial score (nSPS) is 11.4. The van der Waals surface area contributed by atoms with Crippen molar-refractivity contribution in [1.82, 2.24) is 0 Å². The second-order valence-corrected chi connectivity index (χ2v) is 5.56. The van der Waals surface area contributed by atoms with Crippen LogP contribution in [0.4, 0.5) is 5.69 Å². The van der Waals surface area contributed by atoms with Gasteiger partial charge in [-0.2, -0.15) is 0 Å². The van der Waals surface area contributed by atoms with Crippen molar-refractivity contribution in [1.29, 1.82) is 0 Å². The van der Waals surface area contributed by atoms with Gasteiger partial charge in [0.15, 0.2) is 0 Å². The number of amides is 1. The Kier molecular flexibility index (Phi) is 9.08. The van der Waals surface area contributed by atoms with Gasteiger partial charge in [0.1, 0.15) is 0 Å². The standard InChI is InChI=1S/C19H24N2O2.ClH/c1-2-6-18(20)19(22)21-17-11-9-16(10-12-17)14-23-13-15-7-4-3-5-8-15;/h3-5,7-12,18H,2,6,13-14,20H2,1H3,(H,21,22);1H. The summed E-state index contributed by atoms with van der Waals surface area (Å²) in [6, 6.07) is 17.3. The zero-order chi connectivity index (χ0) is 16.5. The molecule has 130 valence electrons. The highest BCUT2D eigenvalue weighted by Gasteiger charge is 2.11. The van der Waals surface area contributed by atoms with Gasteiger partial charge >= 0.3 is 0 Å². The third-order valence-corrected chi connectivity index (χ3v) is 3.54. The molecule has 2 aromatic carbocycles. The molecule has 2 rings (SSSR count). The molecule has 0 saturated heterocycles. The van der Waals surface area contributed by atoms with Crippen LogP contribution in [0.15, 0.2) is 54.6 Å². The predicted octanol–water partition coefficient (Wildman–Crippen LogP) is 3.89. The van der Waals surface area contributed by atoms with E-state index in [-0.39, 0.29) is 18.3 Å². The molecule has 5 heteroatoms. The predicted molar refractivity (Wildman–Crippen MR) is 100 cm³/mol. The number of nitrogens with two attached hydrogens (primary N) is 1. The van der Waals surface area contributed by atoms with E-state index in [0.29, 0.717) is 19.6 Å². The smallest absolute Gasteiger partial charge is 0.241 e. The molecule has 0 saturated carbocycles. The summed E-state index contributed by atoms with van der Waals surface area (Å²) in [5.41, 5.74) is 8.77. The van der Waals surface area contributed by atoms with E-state index in [1.165, 1.54) is 0 Å². The summed E-state index contributed by atoms with van der Waals surface area (Å²) in [5, 5.41) is 2.83. The zero-order valence-electron chi connectivity index (χ0n) is 13.9. The van der Waals surface area contributed by atoms with Crippen LogP contribution in [0.25, 0.3) is 0 Å². The Balaban J connectivity index is 0.00000288. The SMILES string of the molecule is CCCC(N)C(=O)Nc1ccc(COCc2ccccc2)cc1.Cl. The summed E-state index contributed by atoms with van der Waals surface area (Å²) in [6.45, 7) is 3.14. The number of ether oxygens (including phenoxy) is 1. The highest BCUT2D eigenvalue weighted by Crippen LogP contribution is 2.12. The summed E-state index contributed by atoms with van der Waals surface area (Å²) in [7, 11) is 0. The maximum Gasteiger partial charge on any atom is 0.241 e. The van der Waals surface area contributed by atoms with E-state index < -0.39 is 6.04 Å². The van der Waals surface area contributed by atoms with Crippen LogP contribution >= 0.6 is 12.4 Å². The van der Waals surface area contributed by atoms with Crippen molar-refractivity contribution >= 4 is 24.0 Å². The second-order valence-electron chi connectivity index (χ2n) is 5.56. The number of hydrogen-bond acceptors (Lipinski definition) is 3. The van der Waals surface area contributed by atoms with Crippen molar-refractivity contribution in [2.45, 2.75) is 39.0 Å². The van der Waals surface area contributed by atoms with E-state index in [0.717, 1.165) is 23.2 Å². The number of carbonyl (C=O) groups excluding carboxylic acids is 1. The van der Waals surface area contributed by atoms with Crippen LogP contribution in [-0.4, -0.2) is 11.9 Å². The molecule has 0 aliphatic heterocycles. The molecule has 1 atom stereocenters. The molecule has 3 N–H and O–H groups in total. The van der Waals surface area contributed by atoms with Crippen molar-refractivity contribution < 1.29 is 9.53 Å². The number of anilines is 1. The van der Waals surface area contributed by atoms with E-state index >= 15 is 0 Å². The first kappa shape index (κ1) is 20.2. The molecule has 2 aromatic rings. The Morgan fingerprint density at radius 3 is 2.21 bits per heavy atom. The molecule has 0 radical (unpaired) electrons. The quantitative estimate of drug-likeness (QED) is 0.760. The van der Waals surface area contributed by atoms with Crippen molar-refractivity contribution in [3.05, 3.63) is 65.7 Å². The molecule has 1 unspecified atom stereocenters. The van der Waals surface area contributed by atoms with E-state index in [4.69, 9.17) is 10.5 Å². The molecule has 0 heterocycles. The molecule has 24 heavy (non-hydrogen) atoms. The van der Waals surface area contributed by atoms with E-state index in [9.17, 15) is 4.79 Å². The van der Waals surface area contributed by atoms with Crippen LogP contribution in [0.5, 0.6) is 0 Å². The average molecular weight is 349 g/mol. The second kappa shape index (κ2) is 10.8. The van der Waals surface area contributed by atoms with Crippen molar-refractivity contribution in [2.24, 2.45) is 5.73 Å². The van der Waals surface area contributed by atoms with Gasteiger partial charge in [-0.05, 0) is 29.7 Å². The van der Waals surface area contributed by atoms with Crippen LogP contribution in [0.2, 0.25) is 0 Å². The van der Waals surface area contributed by atoms with Gasteiger partial charge in [0.25, 0.3) is 0 Å². The number of hydrogen-bond donors (Lipinski definition) is 2. The molecule has 0 bridgehead atoms. The first-order valence-electron chi connectivity index (χ1n) is 7.96. The lowest BCUT2D eigenvalue weighted by molar-refractivity contribution is -0.117. The topological polar surface area (TPSA) is 64.4 Å². The average Bonchev–Trinajstić information content (AvgIpc) is 2.57. The highest BCUT2D eigenvalue weighted by atomic mass is 35.5. The molecule has 1 amide bonds. The Morgan fingerprint density at radius 1 is 1.04 bits per heavy atom. The van der Waals surface area contributed by atoms with Crippen LogP contribution in [0.3, 0.4) is 0 Å². The van der Waals surface area contributed by atoms with Crippen LogP contribution in [-0.2, 0) is 22.7 Å². The Morgan fingerprint density at radius 2 is 1.62 bits per heavy atom. The first-order valence-corrected chi connectivity index (χ1v) is 7.96. The third kappa shape index (κ3) is 6.71. The van der Waals surface area contributed by atoms with Gasteiger partial charge in [0, 0.05) is 5.69 Å². The molecule has 0 aromatic heterocycles. The molecule has 0 spiro atoms. The van der Waals surface area contributed by atoms with Gasteiger partial charge in [0.2, 0.25) is 5.91 Å². The number of halogens is 1. The number of carbonyl (C=O) groups is 1. The van der Waals surface area contributed by atoms with E-state index in [1.54, 1.807) is 0 Å². The maximum atomic E-state index is 11.9. The van der Waals surface area contributed by atoms with Gasteiger partial charge in [-0.3, -0.25) is 4.79 Å². The Labute approximate surface area is 149 Å². The van der Waals surface area contributed by atoms with Crippen LogP contribution in [0.1, 0.15) is 30.9 Å². The summed E-state index contributed by atoms with van der Waals surface area (Å²) in [4.78, 5) is 11.9. The first-order chi connectivity index (χ1) is 11.2. The minimum atomic E-state index is -0.450. The third-order valence-electron chi connectivity index (χ3n) is 3.54. The lowest BCUT2D eigenvalue weighted by Gasteiger charge is -2.11. The maximum absolute atomic E-state index is 11.9. The summed E-state index contributed by atoms with van der Waals surface area (Å²) in [5.74, 6) is -0.139. The Bertz CT molecular complexity index is 603. The minimum absolute atomic E-state index is 0. The number of benzene rings is 2. The van der Waals surface area contributed by atoms with Crippen LogP contribution < -0.4 is 11.1 Å². The summed E-state index contributed by atoms with van der Waals surface area (Å²) >= 11 is 0. The summed E-state index contributed by atoms with van der Waals surface area (Å²) in [6.07, 6.45) is 1.59. The Hall–Kier alpha value is -1.88. The highest BCUT2D eigenvalue weighted by molar-refractivity contribution is 5.94. The molecule has 4 nitrogen and oxygen atoms in total. The molecule has 0 fully saturated rings. The zero-order valence-corrected chi connectivity index (χ0v) is 14.7. The van der Waals surface area contributed by atoms with Gasteiger partial charge in [-0.25, -0.2) is 0 Å². The molecule has 0 aliphatic rings. The fourth-order valence-corrected chi connectivity index (χ4v) is 2.22. The van der Waals surface area contributed by atoms with Gasteiger partial charge in [-0.15, -0.1) is 12.4 Å². The van der Waals surface area contributed by atoms with Crippen molar-refractivity contribution in [2.75, 3.05) is 5.32 Å². The largest absolute Gasteiger partial charge is 0.372 e. The number of rotatable bonds is 8. The molecule has 0 aliphatic carbocycles. The van der Waals surface area contributed by atoms with Crippen molar-refractivity contribution in [3.8, 4) is 0 Å². The molecular weight excluding hydrogens is 324 g/mol. The number of nitrogens with one attached hydrogen (secondary N) is 1. The van der Waals surface area contributed by atoms with Gasteiger partial charge in [0.05, 0.1) is 19.3 Å². The lowest BCUT2D eigenvalue weighted by Crippen LogP contribution is -2.35. The van der Waals surface area contributed by atoms with Gasteiger partial charge in [-0.1, -0.05) is 55.8 Å². The lowest BCUT2D eigenvalue weighted by atomic mass is 10.1. The van der Waals surface area contributed by atoms with Crippen molar-refractivity contribution in [3.63, 3.8) is 0 Å². The van der Waals surface area contributed by atoms with Gasteiger partial charge < -0.3 is 15.8 Å². The fraction of sp³-hybridized carbons (Fsp3) is 0.316. The van der Waals surface area contributed by atoms with E-state index in [1.807, 2.05) is 61.5 Å². The van der Waals surface area contributed by atoms with E-state index in [2.05, 4.69) is 5.32 Å². The van der Waals surface area contributed by atoms with Crippen LogP contribution in [0, 0.1) is 0 Å². The minimum Gasteiger partial charge on any atom is -0.372 e. The molecular formula is C19H25ClN2O2. The fourth-order valence-electron chi connectivity index (χ4n) is 2.22. The summed E-state index contributed by atoms with van der Waals surface area (Å²) < 4.78 is 5.69.